The van der Waals surface area contributed by atoms with E-state index in [-0.39, 0.29) is 18.2 Å². The molecule has 0 amide bonds. The molecule has 0 aliphatic heterocycles. The van der Waals surface area contributed by atoms with Gasteiger partial charge in [-0.1, -0.05) is 12.1 Å². The molecule has 0 radical (unpaired) electrons. The van der Waals surface area contributed by atoms with Crippen LogP contribution in [0.1, 0.15) is 22.0 Å². The van der Waals surface area contributed by atoms with Gasteiger partial charge in [-0.2, -0.15) is 13.2 Å². The fraction of sp³-hybridized carbons (Fsp3) is 0.231. The lowest BCUT2D eigenvalue weighted by Crippen LogP contribution is -2.13. The highest BCUT2D eigenvalue weighted by molar-refractivity contribution is 7.10. The van der Waals surface area contributed by atoms with Gasteiger partial charge in [-0.25, -0.2) is 0 Å². The fourth-order valence-corrected chi connectivity index (χ4v) is 2.51. The van der Waals surface area contributed by atoms with Crippen molar-refractivity contribution in [1.29, 1.82) is 0 Å². The van der Waals surface area contributed by atoms with E-state index in [1.54, 1.807) is 0 Å². The maximum absolute atomic E-state index is 12.6. The molecule has 0 aliphatic rings. The SMILES string of the molecule is COc1cc(C(F)(F)F)ccc1[C@@H](N)c1cccs1.Cl. The highest BCUT2D eigenvalue weighted by Crippen LogP contribution is 2.36. The highest BCUT2D eigenvalue weighted by atomic mass is 35.5. The van der Waals surface area contributed by atoms with Crippen molar-refractivity contribution in [1.82, 2.24) is 0 Å². The van der Waals surface area contributed by atoms with Crippen molar-refractivity contribution in [3.63, 3.8) is 0 Å². The number of benzene rings is 1. The summed E-state index contributed by atoms with van der Waals surface area (Å²) in [5, 5.41) is 1.87. The second-order valence-electron chi connectivity index (χ2n) is 3.95. The topological polar surface area (TPSA) is 35.2 Å². The molecule has 110 valence electrons. The summed E-state index contributed by atoms with van der Waals surface area (Å²) in [6.07, 6.45) is -4.39. The summed E-state index contributed by atoms with van der Waals surface area (Å²) in [6, 6.07) is 6.56. The number of ether oxygens (including phenoxy) is 1. The van der Waals surface area contributed by atoms with E-state index in [0.717, 1.165) is 17.0 Å². The van der Waals surface area contributed by atoms with Crippen LogP contribution < -0.4 is 10.5 Å². The highest BCUT2D eigenvalue weighted by Gasteiger charge is 2.31. The van der Waals surface area contributed by atoms with Gasteiger partial charge in [0.2, 0.25) is 0 Å². The van der Waals surface area contributed by atoms with Gasteiger partial charge in [0.05, 0.1) is 18.7 Å². The Labute approximate surface area is 124 Å². The smallest absolute Gasteiger partial charge is 0.416 e. The monoisotopic (exact) mass is 323 g/mol. The Morgan fingerprint density at radius 3 is 2.45 bits per heavy atom. The van der Waals surface area contributed by atoms with Gasteiger partial charge < -0.3 is 10.5 Å². The zero-order valence-corrected chi connectivity index (χ0v) is 12.1. The van der Waals surface area contributed by atoms with Crippen LogP contribution in [-0.2, 0) is 6.18 Å². The molecule has 2 aromatic rings. The molecule has 0 spiro atoms. The molecule has 0 bridgehead atoms. The number of methoxy groups -OCH3 is 1. The Bertz CT molecular complexity index is 557. The van der Waals surface area contributed by atoms with Crippen molar-refractivity contribution in [2.24, 2.45) is 5.73 Å². The van der Waals surface area contributed by atoms with Crippen molar-refractivity contribution in [2.75, 3.05) is 7.11 Å². The number of hydrogen-bond acceptors (Lipinski definition) is 3. The van der Waals surface area contributed by atoms with Crippen LogP contribution in [-0.4, -0.2) is 7.11 Å². The van der Waals surface area contributed by atoms with Crippen LogP contribution in [0, 0.1) is 0 Å². The van der Waals surface area contributed by atoms with Crippen molar-refractivity contribution in [2.45, 2.75) is 12.2 Å². The van der Waals surface area contributed by atoms with Gasteiger partial charge >= 0.3 is 6.18 Å². The number of thiophene rings is 1. The average molecular weight is 324 g/mol. The molecule has 1 atom stereocenters. The van der Waals surface area contributed by atoms with Crippen molar-refractivity contribution >= 4 is 23.7 Å². The van der Waals surface area contributed by atoms with Gasteiger partial charge in [0.15, 0.2) is 0 Å². The Balaban J connectivity index is 0.00000200. The second kappa shape index (κ2) is 6.47. The number of nitrogens with two attached hydrogens (primary N) is 1. The van der Waals surface area contributed by atoms with Crippen LogP contribution in [0.4, 0.5) is 13.2 Å². The molecular formula is C13H13ClF3NOS. The second-order valence-corrected chi connectivity index (χ2v) is 4.93. The lowest BCUT2D eigenvalue weighted by atomic mass is 10.0. The minimum Gasteiger partial charge on any atom is -0.496 e. The third-order valence-corrected chi connectivity index (χ3v) is 3.70. The van der Waals surface area contributed by atoms with Gasteiger partial charge in [-0.15, -0.1) is 23.7 Å². The predicted octanol–water partition coefficient (Wildman–Crippen LogP) is 4.25. The van der Waals surface area contributed by atoms with E-state index < -0.39 is 17.8 Å². The average Bonchev–Trinajstić information content (AvgIpc) is 2.90. The Hall–Kier alpha value is -1.24. The number of hydrogen-bond donors (Lipinski definition) is 1. The number of halogens is 4. The molecule has 7 heteroatoms. The molecule has 1 heterocycles. The summed E-state index contributed by atoms with van der Waals surface area (Å²) in [4.78, 5) is 0.873. The molecule has 2 rings (SSSR count). The van der Waals surface area contributed by atoms with Crippen LogP contribution in [0.25, 0.3) is 0 Å². The normalized spacial score (nSPS) is 12.7. The molecule has 0 unspecified atom stereocenters. The zero-order valence-electron chi connectivity index (χ0n) is 10.5. The van der Waals surface area contributed by atoms with Gasteiger partial charge in [-0.3, -0.25) is 0 Å². The largest absolute Gasteiger partial charge is 0.496 e. The fourth-order valence-electron chi connectivity index (χ4n) is 1.77. The first-order valence-corrected chi connectivity index (χ1v) is 6.35. The minimum atomic E-state index is -4.39. The van der Waals surface area contributed by atoms with Crippen molar-refractivity contribution < 1.29 is 17.9 Å². The Morgan fingerprint density at radius 2 is 1.95 bits per heavy atom. The van der Waals surface area contributed by atoms with E-state index in [0.29, 0.717) is 5.56 Å². The molecule has 0 saturated heterocycles. The third-order valence-electron chi connectivity index (χ3n) is 2.75. The Morgan fingerprint density at radius 1 is 1.25 bits per heavy atom. The Kier molecular flexibility index (Phi) is 5.44. The van der Waals surface area contributed by atoms with E-state index in [2.05, 4.69) is 0 Å². The first kappa shape index (κ1) is 16.8. The summed E-state index contributed by atoms with van der Waals surface area (Å²) in [6.45, 7) is 0. The third kappa shape index (κ3) is 3.45. The predicted molar refractivity (Wildman–Crippen MR) is 75.6 cm³/mol. The molecule has 2 nitrogen and oxygen atoms in total. The molecule has 0 aliphatic carbocycles. The van der Waals surface area contributed by atoms with Crippen LogP contribution >= 0.6 is 23.7 Å². The summed E-state index contributed by atoms with van der Waals surface area (Å²) in [5.41, 5.74) is 5.84. The van der Waals surface area contributed by atoms with Crippen molar-refractivity contribution in [3.8, 4) is 5.75 Å². The molecule has 1 aromatic carbocycles. The molecule has 2 N–H and O–H groups in total. The summed E-state index contributed by atoms with van der Waals surface area (Å²) >= 11 is 1.45. The van der Waals surface area contributed by atoms with Crippen LogP contribution in [0.5, 0.6) is 5.75 Å². The standard InChI is InChI=1S/C13H12F3NOS.ClH/c1-18-10-7-8(13(14,15)16)4-5-9(10)12(17)11-3-2-6-19-11;/h2-7,12H,17H2,1H3;1H/t12-;/m1./s1. The van der Waals surface area contributed by atoms with E-state index in [1.165, 1.54) is 24.5 Å². The van der Waals surface area contributed by atoms with Gasteiger partial charge in [0.1, 0.15) is 5.75 Å². The molecule has 0 fully saturated rings. The molecule has 1 aromatic heterocycles. The summed E-state index contributed by atoms with van der Waals surface area (Å²) < 4.78 is 42.9. The maximum atomic E-state index is 12.6. The van der Waals surface area contributed by atoms with E-state index in [1.807, 2.05) is 17.5 Å². The van der Waals surface area contributed by atoms with Gasteiger partial charge in [-0.05, 0) is 23.6 Å². The van der Waals surface area contributed by atoms with Crippen LogP contribution in [0.2, 0.25) is 0 Å². The summed E-state index contributed by atoms with van der Waals surface area (Å²) in [5.74, 6) is 0.149. The van der Waals surface area contributed by atoms with Crippen LogP contribution in [0.3, 0.4) is 0 Å². The lowest BCUT2D eigenvalue weighted by Gasteiger charge is -2.16. The van der Waals surface area contributed by atoms with E-state index in [9.17, 15) is 13.2 Å². The van der Waals surface area contributed by atoms with E-state index in [4.69, 9.17) is 10.5 Å². The van der Waals surface area contributed by atoms with E-state index >= 15 is 0 Å². The van der Waals surface area contributed by atoms with Gasteiger partial charge in [0, 0.05) is 10.4 Å². The molecule has 0 saturated carbocycles. The number of rotatable bonds is 3. The quantitative estimate of drug-likeness (QED) is 0.916. The zero-order chi connectivity index (χ0) is 14.0. The first-order chi connectivity index (χ1) is 8.93. The summed E-state index contributed by atoms with van der Waals surface area (Å²) in [7, 11) is 1.33. The lowest BCUT2D eigenvalue weighted by molar-refractivity contribution is -0.137. The molecular weight excluding hydrogens is 311 g/mol. The minimum absolute atomic E-state index is 0. The molecule has 20 heavy (non-hydrogen) atoms. The van der Waals surface area contributed by atoms with Crippen molar-refractivity contribution in [3.05, 3.63) is 51.7 Å². The number of alkyl halides is 3. The first-order valence-electron chi connectivity index (χ1n) is 5.47. The maximum Gasteiger partial charge on any atom is 0.416 e. The van der Waals surface area contributed by atoms with Gasteiger partial charge in [0.25, 0.3) is 0 Å². The van der Waals surface area contributed by atoms with Crippen LogP contribution in [0.15, 0.2) is 35.7 Å².